The maximum atomic E-state index is 15.9. The Balaban J connectivity index is 0.00000465. The molecule has 40 nitrogen and oxygen atoms in total. The van der Waals surface area contributed by atoms with Crippen molar-refractivity contribution in [1.29, 1.82) is 0 Å². The van der Waals surface area contributed by atoms with Gasteiger partial charge in [0.25, 0.3) is 0 Å². The van der Waals surface area contributed by atoms with Crippen LogP contribution < -0.4 is 18.9 Å². The molecule has 11 fully saturated rings. The van der Waals surface area contributed by atoms with Crippen LogP contribution in [0.15, 0.2) is 48.5 Å². The van der Waals surface area contributed by atoms with E-state index >= 15 is 38.4 Å². The molecule has 46 heteroatoms. The predicted molar refractivity (Wildman–Crippen MR) is 363 cm³/mol. The molecule has 0 aromatic heterocycles. The summed E-state index contributed by atoms with van der Waals surface area (Å²) in [6.07, 6.45) is -6.29. The van der Waals surface area contributed by atoms with Crippen LogP contribution in [0.5, 0.6) is 23.0 Å². The summed E-state index contributed by atoms with van der Waals surface area (Å²) in [4.78, 5) is 148. The third kappa shape index (κ3) is 10.5. The molecule has 0 N–H and O–H groups in total. The van der Waals surface area contributed by atoms with Crippen LogP contribution in [-0.4, -0.2) is 361 Å². The van der Waals surface area contributed by atoms with Crippen molar-refractivity contribution in [3.8, 4) is 23.0 Å². The number of ether oxygens (including phenoxy) is 4. The number of benzene rings is 4. The third-order valence-corrected chi connectivity index (χ3v) is 26.9. The van der Waals surface area contributed by atoms with Gasteiger partial charge in [0.1, 0.15) is 63.0 Å². The van der Waals surface area contributed by atoms with Gasteiger partial charge in [0.15, 0.2) is 47.3 Å². The molecule has 0 bridgehead atoms. The molecule has 0 atom stereocenters. The summed E-state index contributed by atoms with van der Waals surface area (Å²) in [6, 6.07) is 7.33. The number of hydrogen-bond donors (Lipinski definition) is 0. The van der Waals surface area contributed by atoms with Gasteiger partial charge in [0.05, 0.1) is 93.1 Å². The molecule has 108 heavy (non-hydrogen) atoms. The van der Waals surface area contributed by atoms with Gasteiger partial charge in [-0.15, -0.1) is 0 Å². The van der Waals surface area contributed by atoms with Crippen LogP contribution in [0.25, 0.3) is 21.5 Å². The molecule has 13 aliphatic heterocycles. The third-order valence-electron chi connectivity index (χ3n) is 23.7. The second-order valence-electron chi connectivity index (χ2n) is 28.8. The molecule has 0 spiro atoms. The van der Waals surface area contributed by atoms with Crippen LogP contribution in [0.1, 0.15) is 75.6 Å². The first-order valence-electron chi connectivity index (χ1n) is 34.0. The minimum Gasteiger partial charge on any atom is -0.748 e. The van der Waals surface area contributed by atoms with Crippen LogP contribution in [0.3, 0.4) is 0 Å². The maximum absolute atomic E-state index is 15.9. The summed E-state index contributed by atoms with van der Waals surface area (Å²) in [5.41, 5.74) is -5.90. The van der Waals surface area contributed by atoms with E-state index in [0.717, 1.165) is 0 Å². The fraction of sp³-hybridized carbons (Fsp3) is 0.548. The van der Waals surface area contributed by atoms with E-state index in [-0.39, 0.29) is 170 Å². The Bertz CT molecular complexity index is 4550. The Hall–Kier alpha value is -8.07. The van der Waals surface area contributed by atoms with Crippen LogP contribution in [0.4, 0.5) is 38.4 Å². The van der Waals surface area contributed by atoms with E-state index in [0.29, 0.717) is 21.5 Å². The zero-order valence-electron chi connectivity index (χ0n) is 58.5. The molecule has 13 aliphatic rings. The Labute approximate surface area is 649 Å². The zero-order valence-corrected chi connectivity index (χ0v) is 64.6. The summed E-state index contributed by atoms with van der Waals surface area (Å²) in [7, 11) is -18.7. The van der Waals surface area contributed by atoms with E-state index < -0.39 is 199 Å². The molecule has 17 rings (SSSR count). The van der Waals surface area contributed by atoms with Gasteiger partial charge in [-0.25, -0.2) is 72.0 Å². The quantitative estimate of drug-likeness (QED) is 0.0642. The fourth-order valence-electron chi connectivity index (χ4n) is 18.6. The molecule has 11 saturated heterocycles. The van der Waals surface area contributed by atoms with E-state index in [4.69, 9.17) is 18.9 Å². The Kier molecular flexibility index (Phi) is 17.6. The van der Waals surface area contributed by atoms with E-state index in [1.807, 2.05) is 0 Å². The molecule has 568 valence electrons. The molecular formula is C62H68Mg2N16O24S4. The van der Waals surface area contributed by atoms with E-state index in [9.17, 15) is 51.9 Å². The molecule has 13 heterocycles. The summed E-state index contributed by atoms with van der Waals surface area (Å²) >= 11 is 0. The van der Waals surface area contributed by atoms with Crippen molar-refractivity contribution in [3.63, 3.8) is 0 Å². The standard InChI is InChI=1S/C62H72N16O24S4.2Mg/c1-59-61(3)75-31-67-49-47-63(51(67)79)29-65-48-50-69(53(65)81)33-77-57(85)73-27-41-42(46(102-20-12-24-106(96,97)98)38-16-8-7-15-37(38)45(41)101-19-11-23-105(93,94)95)28-74-58(86)78(62(77,4)60(73,74)2)34-70(50)54(82)66(48)30-64(47)52(80)68(49)32-76(61)56(84)72(59)26-40-39(25-71(59)55(75)83)43(99-17-9-21-103(87,88)89)35-13-5-6-14-36(35)44(40)100-18-10-22-104(90,91)92;;/h5-8,13-16,47-50H,9-12,17-34H2,1-4H3,(H,87,88,89)(H,90,91,92)(H,93,94,95)(H,96,97,98);;/q;2*+2/p-4. The first-order chi connectivity index (χ1) is 49.9. The maximum Gasteiger partial charge on any atom is 2.00 e. The van der Waals surface area contributed by atoms with Crippen molar-refractivity contribution in [1.82, 2.24) is 78.4 Å². The van der Waals surface area contributed by atoms with Gasteiger partial charge in [-0.05, 0) is 53.4 Å². The normalized spacial score (nSPS) is 27.9. The molecule has 0 saturated carbocycles. The first kappa shape index (κ1) is 75.4. The van der Waals surface area contributed by atoms with Crippen LogP contribution in [0, 0.1) is 0 Å². The summed E-state index contributed by atoms with van der Waals surface area (Å²) < 4.78 is 167. The smallest absolute Gasteiger partial charge is 0.748 e. The minimum atomic E-state index is -4.69. The van der Waals surface area contributed by atoms with Crippen LogP contribution in [0.2, 0.25) is 0 Å². The molecule has 4 aromatic carbocycles. The number of urea groups is 8. The number of amides is 16. The van der Waals surface area contributed by atoms with E-state index in [2.05, 4.69) is 0 Å². The fourth-order valence-corrected chi connectivity index (χ4v) is 20.4. The average molecular weight is 1600 g/mol. The molecule has 4 aromatic rings. The van der Waals surface area contributed by atoms with E-state index in [1.165, 1.54) is 78.4 Å². The van der Waals surface area contributed by atoms with Crippen LogP contribution in [-0.2, 0) is 66.7 Å². The van der Waals surface area contributed by atoms with Crippen molar-refractivity contribution in [2.24, 2.45) is 0 Å². The number of carbonyl (C=O) groups excluding carboxylic acids is 8. The number of nitrogens with zero attached hydrogens (tertiary/aromatic N) is 16. The summed E-state index contributed by atoms with van der Waals surface area (Å²) in [5.74, 6) is -2.58. The zero-order chi connectivity index (χ0) is 75.1. The Morgan fingerprint density at radius 3 is 0.694 bits per heavy atom. The van der Waals surface area contributed by atoms with Gasteiger partial charge in [0.2, 0.25) is 0 Å². The van der Waals surface area contributed by atoms with Crippen molar-refractivity contribution in [2.75, 3.05) is 89.5 Å². The van der Waals surface area contributed by atoms with Gasteiger partial charge in [0, 0.05) is 66.8 Å². The average Bonchev–Trinajstić information content (AvgIpc) is 1.49. The number of fused-ring (bicyclic) bond motifs is 4. The second kappa shape index (κ2) is 25.2. The van der Waals surface area contributed by atoms with Crippen molar-refractivity contribution in [3.05, 3.63) is 70.8 Å². The minimum absolute atomic E-state index is 0. The summed E-state index contributed by atoms with van der Waals surface area (Å²) in [5, 5.41) is 1.53. The second-order valence-corrected chi connectivity index (χ2v) is 34.9. The van der Waals surface area contributed by atoms with Crippen molar-refractivity contribution < 1.29 is 109 Å². The molecule has 0 aliphatic carbocycles. The van der Waals surface area contributed by atoms with Gasteiger partial charge in [-0.3, -0.25) is 78.4 Å². The van der Waals surface area contributed by atoms with Crippen LogP contribution >= 0.6 is 0 Å². The topological polar surface area (TPSA) is 454 Å². The monoisotopic (exact) mass is 1600 g/mol. The van der Waals surface area contributed by atoms with E-state index in [1.54, 1.807) is 76.2 Å². The Morgan fingerprint density at radius 1 is 0.315 bits per heavy atom. The number of hydrogen-bond acceptors (Lipinski definition) is 24. The summed E-state index contributed by atoms with van der Waals surface area (Å²) in [6.45, 7) is 0.311. The van der Waals surface area contributed by atoms with Gasteiger partial charge in [-0.2, -0.15) is 0 Å². The predicted octanol–water partition coefficient (Wildman–Crippen LogP) is 0.0710. The first-order valence-corrected chi connectivity index (χ1v) is 40.3. The van der Waals surface area contributed by atoms with Gasteiger partial charge < -0.3 is 37.2 Å². The van der Waals surface area contributed by atoms with Gasteiger partial charge in [-0.1, -0.05) is 48.5 Å². The molecule has 16 amide bonds. The number of rotatable bonds is 20. The molecular weight excluding hydrogens is 1530 g/mol. The Morgan fingerprint density at radius 2 is 0.500 bits per heavy atom. The SMILES string of the molecule is CC12N3Cc4c(c(OCCCS(=O)(=O)[O-])c5ccccc5c4OCCCS(=O)(=O)[O-])CN1C(=O)N1CN4C(=O)N5CN6C(=O)N7CN8C(=O)N9Cc%10c(c(OCCCS(=O)(=O)[O-])c%11ccccc%11c%10OCCCS(=O)(=O)[O-])CN%10C(=O)N(CN%11C(=O)N(CN%12C(=O)N(CN(C3=O)C12C)C4C%125)C6C%117)C8(C)C%109C.[Mg+2].[Mg+2]. The molecule has 0 radical (unpaired) electrons. The van der Waals surface area contributed by atoms with Crippen molar-refractivity contribution in [2.45, 2.75) is 127 Å². The largest absolute Gasteiger partial charge is 2.00 e. The number of carbonyl (C=O) groups is 8. The molecule has 0 unspecified atom stereocenters. The van der Waals surface area contributed by atoms with Gasteiger partial charge >= 0.3 is 94.4 Å². The van der Waals surface area contributed by atoms with Crippen molar-refractivity contribution >= 4 is 156 Å².